The Hall–Kier alpha value is -2.04. The molecule has 0 saturated heterocycles. The van der Waals surface area contributed by atoms with E-state index in [0.717, 1.165) is 0 Å². The highest BCUT2D eigenvalue weighted by molar-refractivity contribution is 6.01. The Morgan fingerprint density at radius 1 is 1.33 bits per heavy atom. The normalized spacial score (nSPS) is 10.2. The van der Waals surface area contributed by atoms with Crippen molar-refractivity contribution in [2.75, 3.05) is 11.9 Å². The second-order valence-electron chi connectivity index (χ2n) is 4.53. The molecule has 18 heavy (non-hydrogen) atoms. The van der Waals surface area contributed by atoms with Crippen LogP contribution in [0.5, 0.6) is 0 Å². The smallest absolute Gasteiger partial charge is 0.338 e. The van der Waals surface area contributed by atoms with Crippen LogP contribution in [0.2, 0.25) is 0 Å². The third kappa shape index (κ3) is 3.76. The molecule has 0 radical (unpaired) electrons. The van der Waals surface area contributed by atoms with Crippen LogP contribution in [0.3, 0.4) is 0 Å². The van der Waals surface area contributed by atoms with Crippen molar-refractivity contribution in [1.29, 1.82) is 0 Å². The van der Waals surface area contributed by atoms with Crippen LogP contribution in [-0.2, 0) is 0 Å². The number of hydrogen-bond acceptors (Lipinski definition) is 2. The maximum Gasteiger partial charge on any atom is 0.338 e. The van der Waals surface area contributed by atoms with Crippen LogP contribution in [-0.4, -0.2) is 23.7 Å². The van der Waals surface area contributed by atoms with E-state index in [1.165, 1.54) is 0 Å². The van der Waals surface area contributed by atoms with Gasteiger partial charge in [-0.2, -0.15) is 0 Å². The third-order valence-electron chi connectivity index (χ3n) is 2.41. The average molecular weight is 250 g/mol. The summed E-state index contributed by atoms with van der Waals surface area (Å²) in [6.07, 6.45) is 0. The quantitative estimate of drug-likeness (QED) is 0.768. The maximum absolute atomic E-state index is 11.6. The van der Waals surface area contributed by atoms with Gasteiger partial charge in [-0.15, -0.1) is 0 Å². The van der Waals surface area contributed by atoms with Crippen molar-refractivity contribution in [1.82, 2.24) is 5.32 Å². The topological polar surface area (TPSA) is 78.4 Å². The lowest BCUT2D eigenvalue weighted by atomic mass is 10.1. The number of aromatic carboxylic acids is 1. The van der Waals surface area contributed by atoms with Crippen molar-refractivity contribution < 1.29 is 14.7 Å². The first-order valence-corrected chi connectivity index (χ1v) is 5.79. The molecule has 5 heteroatoms. The maximum atomic E-state index is 11.6. The molecule has 0 fully saturated rings. The first-order valence-electron chi connectivity index (χ1n) is 5.79. The molecule has 0 bridgehead atoms. The monoisotopic (exact) mass is 250 g/mol. The van der Waals surface area contributed by atoms with Gasteiger partial charge in [0.25, 0.3) is 0 Å². The van der Waals surface area contributed by atoms with Gasteiger partial charge in [-0.1, -0.05) is 26.0 Å². The first-order chi connectivity index (χ1) is 8.41. The fraction of sp³-hybridized carbons (Fsp3) is 0.385. The lowest BCUT2D eigenvalue weighted by molar-refractivity contribution is 0.0697. The number of anilines is 1. The zero-order valence-electron chi connectivity index (χ0n) is 10.8. The number of rotatable bonds is 4. The van der Waals surface area contributed by atoms with Gasteiger partial charge in [0.05, 0.1) is 11.3 Å². The predicted octanol–water partition coefficient (Wildman–Crippen LogP) is 2.47. The Morgan fingerprint density at radius 2 is 2.00 bits per heavy atom. The Morgan fingerprint density at radius 3 is 2.56 bits per heavy atom. The minimum absolute atomic E-state index is 0.122. The highest BCUT2D eigenvalue weighted by Crippen LogP contribution is 2.19. The van der Waals surface area contributed by atoms with Crippen LogP contribution in [0.1, 0.15) is 29.8 Å². The Labute approximate surface area is 106 Å². The summed E-state index contributed by atoms with van der Waals surface area (Å²) in [6.45, 7) is 6.20. The SMILES string of the molecule is Cc1cccc(NC(=O)NCC(C)C)c1C(=O)O. The summed E-state index contributed by atoms with van der Waals surface area (Å²) in [4.78, 5) is 22.7. The summed E-state index contributed by atoms with van der Waals surface area (Å²) >= 11 is 0. The fourth-order valence-corrected chi connectivity index (χ4v) is 1.52. The van der Waals surface area contributed by atoms with Gasteiger partial charge in [0, 0.05) is 6.54 Å². The number of amides is 2. The van der Waals surface area contributed by atoms with Gasteiger partial charge < -0.3 is 15.7 Å². The van der Waals surface area contributed by atoms with Crippen molar-refractivity contribution in [2.45, 2.75) is 20.8 Å². The summed E-state index contributed by atoms with van der Waals surface area (Å²) in [5.41, 5.74) is 1.05. The molecule has 0 aliphatic carbocycles. The zero-order chi connectivity index (χ0) is 13.7. The summed E-state index contributed by atoms with van der Waals surface area (Å²) in [7, 11) is 0. The Bertz CT molecular complexity index is 456. The zero-order valence-corrected chi connectivity index (χ0v) is 10.8. The second-order valence-corrected chi connectivity index (χ2v) is 4.53. The van der Waals surface area contributed by atoms with E-state index < -0.39 is 12.0 Å². The number of urea groups is 1. The molecule has 0 aliphatic heterocycles. The van der Waals surface area contributed by atoms with Crippen molar-refractivity contribution in [3.8, 4) is 0 Å². The van der Waals surface area contributed by atoms with Gasteiger partial charge >= 0.3 is 12.0 Å². The molecule has 0 heterocycles. The fourth-order valence-electron chi connectivity index (χ4n) is 1.52. The molecule has 0 spiro atoms. The lowest BCUT2D eigenvalue weighted by Crippen LogP contribution is -2.32. The van der Waals surface area contributed by atoms with Crippen molar-refractivity contribution in [3.63, 3.8) is 0 Å². The highest BCUT2D eigenvalue weighted by atomic mass is 16.4. The number of carbonyl (C=O) groups is 2. The van der Waals surface area contributed by atoms with Crippen molar-refractivity contribution >= 4 is 17.7 Å². The van der Waals surface area contributed by atoms with E-state index in [0.29, 0.717) is 23.7 Å². The number of carboxylic acid groups (broad SMARTS) is 1. The number of aryl methyl sites for hydroxylation is 1. The number of carboxylic acids is 1. The van der Waals surface area contributed by atoms with E-state index in [1.807, 2.05) is 13.8 Å². The summed E-state index contributed by atoms with van der Waals surface area (Å²) < 4.78 is 0. The van der Waals surface area contributed by atoms with E-state index in [1.54, 1.807) is 25.1 Å². The number of hydrogen-bond donors (Lipinski definition) is 3. The first kappa shape index (κ1) is 14.0. The van der Waals surface area contributed by atoms with Crippen LogP contribution >= 0.6 is 0 Å². The van der Waals surface area contributed by atoms with Gasteiger partial charge in [0.2, 0.25) is 0 Å². The van der Waals surface area contributed by atoms with Crippen LogP contribution in [0.15, 0.2) is 18.2 Å². The van der Waals surface area contributed by atoms with Crippen LogP contribution in [0.4, 0.5) is 10.5 Å². The standard InChI is InChI=1S/C13H18N2O3/c1-8(2)7-14-13(18)15-10-6-4-5-9(3)11(10)12(16)17/h4-6,8H,7H2,1-3H3,(H,16,17)(H2,14,15,18). The number of carbonyl (C=O) groups excluding carboxylic acids is 1. The molecule has 0 unspecified atom stereocenters. The molecular weight excluding hydrogens is 232 g/mol. The molecule has 0 aliphatic rings. The van der Waals surface area contributed by atoms with Crippen molar-refractivity contribution in [2.24, 2.45) is 5.92 Å². The van der Waals surface area contributed by atoms with E-state index in [-0.39, 0.29) is 5.56 Å². The largest absolute Gasteiger partial charge is 0.478 e. The molecular formula is C13H18N2O3. The number of nitrogens with one attached hydrogen (secondary N) is 2. The molecule has 2 amide bonds. The van der Waals surface area contributed by atoms with Crippen molar-refractivity contribution in [3.05, 3.63) is 29.3 Å². The van der Waals surface area contributed by atoms with Gasteiger partial charge in [-0.25, -0.2) is 9.59 Å². The molecule has 1 rings (SSSR count). The van der Waals surface area contributed by atoms with Crippen LogP contribution < -0.4 is 10.6 Å². The third-order valence-corrected chi connectivity index (χ3v) is 2.41. The molecule has 3 N–H and O–H groups in total. The molecule has 0 atom stereocenters. The second kappa shape index (κ2) is 6.05. The predicted molar refractivity (Wildman–Crippen MR) is 70.0 cm³/mol. The van der Waals surface area contributed by atoms with Gasteiger partial charge in [0.15, 0.2) is 0 Å². The summed E-state index contributed by atoms with van der Waals surface area (Å²) in [5, 5.41) is 14.3. The summed E-state index contributed by atoms with van der Waals surface area (Å²) in [6, 6.07) is 4.59. The molecule has 5 nitrogen and oxygen atoms in total. The molecule has 1 aromatic rings. The number of benzene rings is 1. The van der Waals surface area contributed by atoms with Crippen LogP contribution in [0.25, 0.3) is 0 Å². The summed E-state index contributed by atoms with van der Waals surface area (Å²) in [5.74, 6) is -0.709. The van der Waals surface area contributed by atoms with E-state index >= 15 is 0 Å². The minimum atomic E-state index is -1.05. The molecule has 98 valence electrons. The van der Waals surface area contributed by atoms with Gasteiger partial charge in [-0.05, 0) is 24.5 Å². The molecule has 0 aromatic heterocycles. The lowest BCUT2D eigenvalue weighted by Gasteiger charge is -2.12. The van der Waals surface area contributed by atoms with E-state index in [9.17, 15) is 9.59 Å². The van der Waals surface area contributed by atoms with E-state index in [4.69, 9.17) is 5.11 Å². The minimum Gasteiger partial charge on any atom is -0.478 e. The Kier molecular flexibility index (Phi) is 4.71. The van der Waals surface area contributed by atoms with Gasteiger partial charge in [0.1, 0.15) is 0 Å². The van der Waals surface area contributed by atoms with Gasteiger partial charge in [-0.3, -0.25) is 0 Å². The molecule has 1 aromatic carbocycles. The Balaban J connectivity index is 2.81. The average Bonchev–Trinajstić information content (AvgIpc) is 2.26. The molecule has 0 saturated carbocycles. The highest BCUT2D eigenvalue weighted by Gasteiger charge is 2.14. The van der Waals surface area contributed by atoms with E-state index in [2.05, 4.69) is 10.6 Å². The van der Waals surface area contributed by atoms with Crippen LogP contribution in [0, 0.1) is 12.8 Å².